The van der Waals surface area contributed by atoms with Crippen LogP contribution in [0.5, 0.6) is 0 Å². The molecule has 104 valence electrons. The first-order valence-corrected chi connectivity index (χ1v) is 6.12. The number of hydrogen-bond donors (Lipinski definition) is 2. The van der Waals surface area contributed by atoms with E-state index in [0.717, 1.165) is 4.57 Å². The molecule has 21 heavy (non-hydrogen) atoms. The molecule has 0 bridgehead atoms. The third kappa shape index (κ3) is 2.12. The lowest BCUT2D eigenvalue weighted by Gasteiger charge is -2.03. The summed E-state index contributed by atoms with van der Waals surface area (Å²) in [4.78, 5) is 26.6. The molecule has 0 fully saturated rings. The molecule has 3 aromatic rings. The summed E-state index contributed by atoms with van der Waals surface area (Å²) in [5, 5.41) is 18.3. The molecule has 1 heterocycles. The Kier molecular flexibility index (Phi) is 2.91. The van der Waals surface area contributed by atoms with Crippen molar-refractivity contribution >= 4 is 23.1 Å². The van der Waals surface area contributed by atoms with Gasteiger partial charge in [-0.3, -0.25) is 0 Å². The van der Waals surface area contributed by atoms with Crippen LogP contribution < -0.4 is 0 Å². The predicted molar refractivity (Wildman–Crippen MR) is 75.6 cm³/mol. The number of rotatable bonds is 2. The van der Waals surface area contributed by atoms with Crippen molar-refractivity contribution in [1.29, 1.82) is 0 Å². The molecule has 1 aromatic heterocycles. The summed E-state index contributed by atoms with van der Waals surface area (Å²) in [5.74, 6) is -0.770. The zero-order valence-corrected chi connectivity index (χ0v) is 10.7. The normalized spacial score (nSPS) is 10.7. The van der Waals surface area contributed by atoms with E-state index >= 15 is 0 Å². The van der Waals surface area contributed by atoms with Crippen molar-refractivity contribution in [2.45, 2.75) is 0 Å². The highest BCUT2D eigenvalue weighted by molar-refractivity contribution is 5.92. The molecule has 0 atom stereocenters. The predicted octanol–water partition coefficient (Wildman–Crippen LogP) is 2.93. The van der Waals surface area contributed by atoms with Crippen molar-refractivity contribution in [1.82, 2.24) is 9.55 Å². The fourth-order valence-corrected chi connectivity index (χ4v) is 2.18. The van der Waals surface area contributed by atoms with E-state index in [9.17, 15) is 14.7 Å². The van der Waals surface area contributed by atoms with Crippen LogP contribution in [0, 0.1) is 0 Å². The maximum absolute atomic E-state index is 11.5. The molecule has 6 heteroatoms. The fraction of sp³-hybridized carbons (Fsp3) is 0. The minimum atomic E-state index is -1.14. The molecular weight excluding hydrogens is 272 g/mol. The van der Waals surface area contributed by atoms with Gasteiger partial charge in [0, 0.05) is 5.56 Å². The Labute approximate surface area is 118 Å². The van der Waals surface area contributed by atoms with Crippen LogP contribution in [0.15, 0.2) is 48.5 Å². The largest absolute Gasteiger partial charge is 0.478 e. The summed E-state index contributed by atoms with van der Waals surface area (Å²) in [6, 6.07) is 12.8. The summed E-state index contributed by atoms with van der Waals surface area (Å²) in [6.45, 7) is 0. The van der Waals surface area contributed by atoms with Crippen molar-refractivity contribution in [3.8, 4) is 11.4 Å². The molecule has 0 unspecified atom stereocenters. The van der Waals surface area contributed by atoms with Gasteiger partial charge in [-0.05, 0) is 24.3 Å². The van der Waals surface area contributed by atoms with E-state index in [4.69, 9.17) is 5.11 Å². The van der Waals surface area contributed by atoms with Crippen LogP contribution in [-0.2, 0) is 0 Å². The number of para-hydroxylation sites is 2. The van der Waals surface area contributed by atoms with E-state index in [1.807, 2.05) is 0 Å². The zero-order chi connectivity index (χ0) is 15.0. The molecule has 0 aliphatic rings. The molecule has 0 saturated carbocycles. The number of imidazole rings is 1. The first-order chi connectivity index (χ1) is 10.1. The molecule has 2 aromatic carbocycles. The SMILES string of the molecule is O=C(O)c1ccc(-c2nc3ccccc3n2C(=O)O)cc1. The number of aromatic carboxylic acids is 1. The van der Waals surface area contributed by atoms with Gasteiger partial charge in [-0.15, -0.1) is 0 Å². The first-order valence-electron chi connectivity index (χ1n) is 6.12. The summed E-state index contributed by atoms with van der Waals surface area (Å²) in [7, 11) is 0. The minimum Gasteiger partial charge on any atom is -0.478 e. The van der Waals surface area contributed by atoms with E-state index in [1.165, 1.54) is 12.1 Å². The molecule has 6 nitrogen and oxygen atoms in total. The van der Waals surface area contributed by atoms with Crippen LogP contribution in [-0.4, -0.2) is 31.8 Å². The van der Waals surface area contributed by atoms with Gasteiger partial charge in [-0.25, -0.2) is 19.1 Å². The molecule has 0 radical (unpaired) electrons. The average molecular weight is 282 g/mol. The second-order valence-corrected chi connectivity index (χ2v) is 4.42. The van der Waals surface area contributed by atoms with E-state index < -0.39 is 12.1 Å². The standard InChI is InChI=1S/C15H10N2O4/c18-14(19)10-7-5-9(6-8-10)13-16-11-3-1-2-4-12(11)17(13)15(20)21/h1-8H,(H,18,19)(H,20,21). The van der Waals surface area contributed by atoms with Crippen LogP contribution in [0.3, 0.4) is 0 Å². The average Bonchev–Trinajstić information content (AvgIpc) is 2.86. The zero-order valence-electron chi connectivity index (χ0n) is 10.7. The Morgan fingerprint density at radius 2 is 1.62 bits per heavy atom. The fourth-order valence-electron chi connectivity index (χ4n) is 2.18. The molecule has 0 aliphatic heterocycles. The Balaban J connectivity index is 2.22. The molecule has 0 saturated heterocycles. The summed E-state index contributed by atoms with van der Waals surface area (Å²) < 4.78 is 1.09. The lowest BCUT2D eigenvalue weighted by atomic mass is 10.1. The number of carbonyl (C=O) groups is 2. The third-order valence-electron chi connectivity index (χ3n) is 3.14. The number of hydrogen-bond acceptors (Lipinski definition) is 3. The van der Waals surface area contributed by atoms with Crippen LogP contribution in [0.1, 0.15) is 10.4 Å². The third-order valence-corrected chi connectivity index (χ3v) is 3.14. The van der Waals surface area contributed by atoms with Gasteiger partial charge in [0.2, 0.25) is 0 Å². The van der Waals surface area contributed by atoms with Crippen molar-refractivity contribution in [3.63, 3.8) is 0 Å². The number of carboxylic acid groups (broad SMARTS) is 2. The van der Waals surface area contributed by atoms with Crippen molar-refractivity contribution in [2.24, 2.45) is 0 Å². The molecule has 0 amide bonds. The Bertz CT molecular complexity index is 850. The molecule has 2 N–H and O–H groups in total. The second kappa shape index (κ2) is 4.75. The Morgan fingerprint density at radius 1 is 0.952 bits per heavy atom. The van der Waals surface area contributed by atoms with Gasteiger partial charge >= 0.3 is 12.1 Å². The molecule has 0 aliphatic carbocycles. The van der Waals surface area contributed by atoms with E-state index in [1.54, 1.807) is 36.4 Å². The monoisotopic (exact) mass is 282 g/mol. The van der Waals surface area contributed by atoms with Gasteiger partial charge in [0.1, 0.15) is 0 Å². The summed E-state index contributed by atoms with van der Waals surface area (Å²) in [6.07, 6.45) is -1.14. The first kappa shape index (κ1) is 12.9. The summed E-state index contributed by atoms with van der Waals surface area (Å²) in [5.41, 5.74) is 1.73. The van der Waals surface area contributed by atoms with Gasteiger partial charge in [0.15, 0.2) is 5.82 Å². The van der Waals surface area contributed by atoms with Crippen molar-refractivity contribution in [3.05, 3.63) is 54.1 Å². The van der Waals surface area contributed by atoms with Crippen molar-refractivity contribution < 1.29 is 19.8 Å². The van der Waals surface area contributed by atoms with E-state index in [2.05, 4.69) is 4.98 Å². The van der Waals surface area contributed by atoms with Crippen molar-refractivity contribution in [2.75, 3.05) is 0 Å². The number of benzene rings is 2. The number of aromatic nitrogens is 2. The Morgan fingerprint density at radius 3 is 2.24 bits per heavy atom. The van der Waals surface area contributed by atoms with Gasteiger partial charge in [0.05, 0.1) is 16.6 Å². The van der Waals surface area contributed by atoms with Crippen LogP contribution in [0.25, 0.3) is 22.4 Å². The smallest absolute Gasteiger partial charge is 0.417 e. The number of carboxylic acids is 1. The quantitative estimate of drug-likeness (QED) is 0.753. The van der Waals surface area contributed by atoms with Gasteiger partial charge in [-0.1, -0.05) is 24.3 Å². The maximum atomic E-state index is 11.5. The maximum Gasteiger partial charge on any atom is 0.417 e. The molecule has 0 spiro atoms. The van der Waals surface area contributed by atoms with Crippen LogP contribution in [0.2, 0.25) is 0 Å². The number of nitrogens with zero attached hydrogens (tertiary/aromatic N) is 2. The van der Waals surface area contributed by atoms with E-state index in [-0.39, 0.29) is 11.4 Å². The van der Waals surface area contributed by atoms with Gasteiger partial charge in [0.25, 0.3) is 0 Å². The Hall–Kier alpha value is -3.15. The number of fused-ring (bicyclic) bond motifs is 1. The van der Waals surface area contributed by atoms with Crippen LogP contribution in [0.4, 0.5) is 4.79 Å². The summed E-state index contributed by atoms with van der Waals surface area (Å²) >= 11 is 0. The lowest BCUT2D eigenvalue weighted by molar-refractivity contribution is 0.0697. The minimum absolute atomic E-state index is 0.136. The lowest BCUT2D eigenvalue weighted by Crippen LogP contribution is -2.09. The highest BCUT2D eigenvalue weighted by Crippen LogP contribution is 2.24. The van der Waals surface area contributed by atoms with Gasteiger partial charge < -0.3 is 10.2 Å². The molecule has 3 rings (SSSR count). The van der Waals surface area contributed by atoms with Crippen LogP contribution >= 0.6 is 0 Å². The highest BCUT2D eigenvalue weighted by Gasteiger charge is 2.17. The second-order valence-electron chi connectivity index (χ2n) is 4.42. The van der Waals surface area contributed by atoms with E-state index in [0.29, 0.717) is 16.6 Å². The molecular formula is C15H10N2O4. The highest BCUT2D eigenvalue weighted by atomic mass is 16.4. The van der Waals surface area contributed by atoms with Gasteiger partial charge in [-0.2, -0.15) is 0 Å². The topological polar surface area (TPSA) is 92.4 Å².